The van der Waals surface area contributed by atoms with E-state index < -0.39 is 0 Å². The molecule has 2 aromatic heterocycles. The van der Waals surface area contributed by atoms with Gasteiger partial charge in [-0.05, 0) is 25.5 Å². The number of carbonyl (C=O) groups excluding carboxylic acids is 1. The fourth-order valence-corrected chi connectivity index (χ4v) is 2.87. The SMILES string of the molecule is Cc1nnc(NC(=O)CCCc2nc(-c3ccccc3Cl)no2)s1. The van der Waals surface area contributed by atoms with Gasteiger partial charge in [0.2, 0.25) is 22.8 Å². The molecule has 1 amide bonds. The molecule has 0 fully saturated rings. The maximum Gasteiger partial charge on any atom is 0.226 e. The van der Waals surface area contributed by atoms with Crippen molar-refractivity contribution in [2.24, 2.45) is 0 Å². The number of benzene rings is 1. The molecule has 0 unspecified atom stereocenters. The standard InChI is InChI=1S/C15H14ClN5O2S/c1-9-19-20-15(24-9)17-12(22)7-4-8-13-18-14(21-23-13)10-5-2-3-6-11(10)16/h2-3,5-6H,4,7-8H2,1H3,(H,17,20,22). The molecule has 7 nitrogen and oxygen atoms in total. The highest BCUT2D eigenvalue weighted by Gasteiger charge is 2.12. The molecule has 0 aliphatic carbocycles. The van der Waals surface area contributed by atoms with Crippen molar-refractivity contribution in [2.75, 3.05) is 5.32 Å². The Morgan fingerprint density at radius 3 is 2.92 bits per heavy atom. The van der Waals surface area contributed by atoms with Gasteiger partial charge in [-0.2, -0.15) is 4.98 Å². The predicted octanol–water partition coefficient (Wildman–Crippen LogP) is 3.51. The van der Waals surface area contributed by atoms with E-state index in [1.807, 2.05) is 25.1 Å². The van der Waals surface area contributed by atoms with Gasteiger partial charge in [-0.3, -0.25) is 4.79 Å². The van der Waals surface area contributed by atoms with Gasteiger partial charge in [-0.15, -0.1) is 10.2 Å². The van der Waals surface area contributed by atoms with E-state index in [0.29, 0.717) is 41.1 Å². The van der Waals surface area contributed by atoms with E-state index in [1.54, 1.807) is 6.07 Å². The number of hydrogen-bond donors (Lipinski definition) is 1. The van der Waals surface area contributed by atoms with Gasteiger partial charge in [0.25, 0.3) is 0 Å². The molecule has 0 spiro atoms. The minimum atomic E-state index is -0.114. The number of halogens is 1. The van der Waals surface area contributed by atoms with Gasteiger partial charge in [-0.1, -0.05) is 40.2 Å². The quantitative estimate of drug-likeness (QED) is 0.720. The summed E-state index contributed by atoms with van der Waals surface area (Å²) in [7, 11) is 0. The van der Waals surface area contributed by atoms with Gasteiger partial charge in [0.05, 0.1) is 5.02 Å². The molecule has 0 saturated heterocycles. The Morgan fingerprint density at radius 1 is 1.33 bits per heavy atom. The topological polar surface area (TPSA) is 93.8 Å². The first kappa shape index (κ1) is 16.5. The van der Waals surface area contributed by atoms with E-state index in [-0.39, 0.29) is 5.91 Å². The highest BCUT2D eigenvalue weighted by molar-refractivity contribution is 7.15. The summed E-state index contributed by atoms with van der Waals surface area (Å²) in [5.74, 6) is 0.811. The monoisotopic (exact) mass is 363 g/mol. The molecule has 2 heterocycles. The maximum atomic E-state index is 11.8. The fourth-order valence-electron chi connectivity index (χ4n) is 2.04. The lowest BCUT2D eigenvalue weighted by molar-refractivity contribution is -0.116. The van der Waals surface area contributed by atoms with Crippen LogP contribution in [-0.4, -0.2) is 26.2 Å². The minimum Gasteiger partial charge on any atom is -0.339 e. The van der Waals surface area contributed by atoms with Crippen LogP contribution >= 0.6 is 22.9 Å². The average molecular weight is 364 g/mol. The smallest absolute Gasteiger partial charge is 0.226 e. The van der Waals surface area contributed by atoms with Crippen molar-refractivity contribution in [1.29, 1.82) is 0 Å². The lowest BCUT2D eigenvalue weighted by Crippen LogP contribution is -2.11. The summed E-state index contributed by atoms with van der Waals surface area (Å²) >= 11 is 7.45. The van der Waals surface area contributed by atoms with E-state index in [4.69, 9.17) is 16.1 Å². The summed E-state index contributed by atoms with van der Waals surface area (Å²) in [4.78, 5) is 16.1. The Bertz CT molecular complexity index is 848. The third-order valence-corrected chi connectivity index (χ3v) is 4.23. The number of carbonyl (C=O) groups is 1. The summed E-state index contributed by atoms with van der Waals surface area (Å²) in [6.07, 6.45) is 1.44. The molecule has 0 atom stereocenters. The fraction of sp³-hybridized carbons (Fsp3) is 0.267. The summed E-state index contributed by atoms with van der Waals surface area (Å²) in [5.41, 5.74) is 0.721. The van der Waals surface area contributed by atoms with Crippen molar-refractivity contribution in [2.45, 2.75) is 26.2 Å². The van der Waals surface area contributed by atoms with E-state index in [9.17, 15) is 4.79 Å². The van der Waals surface area contributed by atoms with Crippen LogP contribution in [0.3, 0.4) is 0 Å². The second-order valence-corrected chi connectivity index (χ2v) is 6.61. The number of aromatic nitrogens is 4. The second-order valence-electron chi connectivity index (χ2n) is 5.02. The highest BCUT2D eigenvalue weighted by atomic mass is 35.5. The van der Waals surface area contributed by atoms with Crippen molar-refractivity contribution in [3.63, 3.8) is 0 Å². The molecule has 124 valence electrons. The lowest BCUT2D eigenvalue weighted by atomic mass is 10.2. The molecular formula is C15H14ClN5O2S. The third-order valence-electron chi connectivity index (χ3n) is 3.15. The average Bonchev–Trinajstić information content (AvgIpc) is 3.17. The van der Waals surface area contributed by atoms with E-state index >= 15 is 0 Å². The van der Waals surface area contributed by atoms with E-state index in [2.05, 4.69) is 25.7 Å². The van der Waals surface area contributed by atoms with Crippen molar-refractivity contribution < 1.29 is 9.32 Å². The highest BCUT2D eigenvalue weighted by Crippen LogP contribution is 2.25. The summed E-state index contributed by atoms with van der Waals surface area (Å²) in [5, 5.41) is 16.2. The van der Waals surface area contributed by atoms with Crippen LogP contribution in [0.1, 0.15) is 23.7 Å². The molecule has 3 rings (SSSR count). The van der Waals surface area contributed by atoms with Crippen LogP contribution in [0.4, 0.5) is 5.13 Å². The zero-order valence-electron chi connectivity index (χ0n) is 12.8. The molecule has 0 saturated carbocycles. The first-order valence-corrected chi connectivity index (χ1v) is 8.49. The van der Waals surface area contributed by atoms with Crippen molar-refractivity contribution in [3.8, 4) is 11.4 Å². The van der Waals surface area contributed by atoms with Crippen molar-refractivity contribution >= 4 is 34.0 Å². The number of rotatable bonds is 6. The first-order chi connectivity index (χ1) is 11.6. The normalized spacial score (nSPS) is 10.8. The van der Waals surface area contributed by atoms with Crippen LogP contribution in [0.25, 0.3) is 11.4 Å². The van der Waals surface area contributed by atoms with Crippen LogP contribution in [0, 0.1) is 6.92 Å². The number of aryl methyl sites for hydroxylation is 2. The molecule has 1 aromatic carbocycles. The van der Waals surface area contributed by atoms with Crippen molar-refractivity contribution in [1.82, 2.24) is 20.3 Å². The number of nitrogens with zero attached hydrogens (tertiary/aromatic N) is 4. The van der Waals surface area contributed by atoms with Crippen molar-refractivity contribution in [3.05, 3.63) is 40.2 Å². The summed E-state index contributed by atoms with van der Waals surface area (Å²) < 4.78 is 5.21. The Hall–Kier alpha value is -2.32. The number of anilines is 1. The zero-order chi connectivity index (χ0) is 16.9. The molecule has 0 aliphatic heterocycles. The Labute approximate surface area is 147 Å². The van der Waals surface area contributed by atoms with Crippen LogP contribution < -0.4 is 5.32 Å². The molecule has 1 N–H and O–H groups in total. The summed E-state index contributed by atoms with van der Waals surface area (Å²) in [6, 6.07) is 7.29. The lowest BCUT2D eigenvalue weighted by Gasteiger charge is -1.99. The van der Waals surface area contributed by atoms with Crippen LogP contribution in [0.15, 0.2) is 28.8 Å². The zero-order valence-corrected chi connectivity index (χ0v) is 14.4. The number of amides is 1. The van der Waals surface area contributed by atoms with Gasteiger partial charge in [0, 0.05) is 18.4 Å². The largest absolute Gasteiger partial charge is 0.339 e. The van der Waals surface area contributed by atoms with Gasteiger partial charge in [-0.25, -0.2) is 0 Å². The van der Waals surface area contributed by atoms with Gasteiger partial charge in [0.1, 0.15) is 5.01 Å². The Kier molecular flexibility index (Phi) is 5.17. The van der Waals surface area contributed by atoms with Crippen LogP contribution in [0.5, 0.6) is 0 Å². The summed E-state index contributed by atoms with van der Waals surface area (Å²) in [6.45, 7) is 1.83. The Morgan fingerprint density at radius 2 is 2.17 bits per heavy atom. The first-order valence-electron chi connectivity index (χ1n) is 7.29. The van der Waals surface area contributed by atoms with Gasteiger partial charge >= 0.3 is 0 Å². The van der Waals surface area contributed by atoms with Gasteiger partial charge in [0.15, 0.2) is 0 Å². The molecule has 0 radical (unpaired) electrons. The second kappa shape index (κ2) is 7.50. The van der Waals surface area contributed by atoms with E-state index in [1.165, 1.54) is 11.3 Å². The predicted molar refractivity (Wildman–Crippen MR) is 91.0 cm³/mol. The molecular weight excluding hydrogens is 350 g/mol. The molecule has 9 heteroatoms. The van der Waals surface area contributed by atoms with Gasteiger partial charge < -0.3 is 9.84 Å². The third kappa shape index (κ3) is 4.15. The van der Waals surface area contributed by atoms with E-state index in [0.717, 1.165) is 10.6 Å². The maximum absolute atomic E-state index is 11.8. The van der Waals surface area contributed by atoms with Crippen LogP contribution in [-0.2, 0) is 11.2 Å². The minimum absolute atomic E-state index is 0.114. The number of nitrogens with one attached hydrogen (secondary N) is 1. The molecule has 24 heavy (non-hydrogen) atoms. The van der Waals surface area contributed by atoms with Crippen LogP contribution in [0.2, 0.25) is 5.02 Å². The molecule has 3 aromatic rings. The molecule has 0 aliphatic rings. The Balaban J connectivity index is 1.51. The molecule has 0 bridgehead atoms. The number of hydrogen-bond acceptors (Lipinski definition) is 7.